The average Bonchev–Trinajstić information content (AvgIpc) is 2.48. The van der Waals surface area contributed by atoms with Crippen molar-refractivity contribution in [2.24, 2.45) is 0 Å². The Bertz CT molecular complexity index is 710. The number of likely N-dealkylation sites (N-methyl/N-ethyl adjacent to an activating group) is 1. The highest BCUT2D eigenvalue weighted by atomic mass is 16.3. The van der Waals surface area contributed by atoms with E-state index in [1.165, 1.54) is 22.3 Å². The maximum atomic E-state index is 10.0. The van der Waals surface area contributed by atoms with E-state index in [0.717, 1.165) is 19.4 Å². The number of aromatic hydroxyl groups is 1. The molecule has 1 heterocycles. The van der Waals surface area contributed by atoms with Crippen molar-refractivity contribution in [1.29, 1.82) is 0 Å². The monoisotopic (exact) mass is 280 g/mol. The summed E-state index contributed by atoms with van der Waals surface area (Å²) in [6.45, 7) is 1.01. The van der Waals surface area contributed by atoms with E-state index in [-0.39, 0.29) is 5.75 Å². The van der Waals surface area contributed by atoms with Gasteiger partial charge in [-0.05, 0) is 54.3 Å². The van der Waals surface area contributed by atoms with Crippen LogP contribution in [0.1, 0.15) is 34.6 Å². The number of phenols is 1. The Hall–Kier alpha value is -2.00. The summed E-state index contributed by atoms with van der Waals surface area (Å²) in [6, 6.07) is 13.0. The normalized spacial score (nSPS) is 24.0. The van der Waals surface area contributed by atoms with Crippen LogP contribution in [0.5, 0.6) is 5.75 Å². The van der Waals surface area contributed by atoms with Gasteiger partial charge in [0.25, 0.3) is 0 Å². The van der Waals surface area contributed by atoms with Gasteiger partial charge in [-0.15, -0.1) is 0 Å². The highest BCUT2D eigenvalue weighted by Gasteiger charge is 2.38. The van der Waals surface area contributed by atoms with Gasteiger partial charge in [-0.1, -0.05) is 24.3 Å². The quantitative estimate of drug-likeness (QED) is 0.576. The first-order valence-corrected chi connectivity index (χ1v) is 7.54. The second kappa shape index (κ2) is 4.50. The summed E-state index contributed by atoms with van der Waals surface area (Å²) in [5.74, 6) is 0.551. The minimum atomic E-state index is 0.208. The van der Waals surface area contributed by atoms with Crippen LogP contribution in [0.4, 0.5) is 5.69 Å². The van der Waals surface area contributed by atoms with Crippen LogP contribution in [0.25, 0.3) is 0 Å². The molecule has 0 aromatic heterocycles. The molecule has 1 aliphatic heterocycles. The first-order valence-electron chi connectivity index (χ1n) is 7.54. The number of hydrogen-bond acceptors (Lipinski definition) is 3. The highest BCUT2D eigenvalue weighted by Crippen LogP contribution is 2.45. The summed E-state index contributed by atoms with van der Waals surface area (Å²) in [4.78, 5) is 2.45. The van der Waals surface area contributed by atoms with Crippen molar-refractivity contribution in [3.8, 4) is 5.75 Å². The van der Waals surface area contributed by atoms with Crippen molar-refractivity contribution < 1.29 is 5.11 Å². The smallest absolute Gasteiger partial charge is 0.138 e. The molecule has 0 spiro atoms. The zero-order valence-corrected chi connectivity index (χ0v) is 12.2. The number of benzene rings is 2. The molecule has 4 rings (SSSR count). The van der Waals surface area contributed by atoms with Crippen LogP contribution in [-0.4, -0.2) is 23.1 Å². The molecule has 2 aromatic carbocycles. The first-order chi connectivity index (χ1) is 10.1. The zero-order chi connectivity index (χ0) is 14.6. The maximum Gasteiger partial charge on any atom is 0.138 e. The molecule has 3 N–H and O–H groups in total. The molecular weight excluding hydrogens is 260 g/mol. The number of nitrogens with zero attached hydrogens (tertiary/aromatic N) is 1. The molecule has 0 fully saturated rings. The van der Waals surface area contributed by atoms with Gasteiger partial charge in [-0.25, -0.2) is 0 Å². The number of rotatable bonds is 0. The first kappa shape index (κ1) is 12.7. The summed E-state index contributed by atoms with van der Waals surface area (Å²) in [5, 5.41) is 10.0. The molecule has 0 bridgehead atoms. The molecule has 3 nitrogen and oxygen atoms in total. The molecule has 2 aromatic rings. The van der Waals surface area contributed by atoms with Crippen molar-refractivity contribution in [1.82, 2.24) is 4.90 Å². The van der Waals surface area contributed by atoms with Gasteiger partial charge in [0.2, 0.25) is 0 Å². The molecule has 1 aliphatic carbocycles. The third kappa shape index (κ3) is 1.84. The van der Waals surface area contributed by atoms with Gasteiger partial charge in [0.05, 0.1) is 5.69 Å². The predicted octanol–water partition coefficient (Wildman–Crippen LogP) is 2.87. The third-order valence-corrected chi connectivity index (χ3v) is 5.09. The number of fused-ring (bicyclic) bond motifs is 5. The van der Waals surface area contributed by atoms with E-state index in [4.69, 9.17) is 5.73 Å². The van der Waals surface area contributed by atoms with Crippen molar-refractivity contribution >= 4 is 5.69 Å². The minimum Gasteiger partial charge on any atom is -0.506 e. The van der Waals surface area contributed by atoms with Gasteiger partial charge in [0.15, 0.2) is 0 Å². The number of anilines is 1. The van der Waals surface area contributed by atoms with Crippen LogP contribution in [-0.2, 0) is 13.0 Å². The molecule has 3 heteroatoms. The highest BCUT2D eigenvalue weighted by molar-refractivity contribution is 5.59. The Kier molecular flexibility index (Phi) is 2.73. The zero-order valence-electron chi connectivity index (χ0n) is 12.2. The lowest BCUT2D eigenvalue weighted by Gasteiger charge is -2.44. The Labute approximate surface area is 125 Å². The molecule has 0 unspecified atom stereocenters. The summed E-state index contributed by atoms with van der Waals surface area (Å²) >= 11 is 0. The van der Waals surface area contributed by atoms with Gasteiger partial charge in [0.1, 0.15) is 5.75 Å². The second-order valence-electron chi connectivity index (χ2n) is 6.31. The maximum absolute atomic E-state index is 10.0. The lowest BCUT2D eigenvalue weighted by molar-refractivity contribution is 0.178. The van der Waals surface area contributed by atoms with Crippen molar-refractivity contribution in [2.45, 2.75) is 31.3 Å². The number of aryl methyl sites for hydroxylation is 1. The average molecular weight is 280 g/mol. The van der Waals surface area contributed by atoms with Crippen molar-refractivity contribution in [2.75, 3.05) is 12.8 Å². The van der Waals surface area contributed by atoms with E-state index < -0.39 is 0 Å². The number of nitrogen functional groups attached to an aromatic ring is 1. The van der Waals surface area contributed by atoms with Gasteiger partial charge in [-0.2, -0.15) is 0 Å². The lowest BCUT2D eigenvalue weighted by Crippen LogP contribution is -2.43. The molecule has 108 valence electrons. The molecule has 0 radical (unpaired) electrons. The Morgan fingerprint density at radius 1 is 1.14 bits per heavy atom. The van der Waals surface area contributed by atoms with Crippen LogP contribution < -0.4 is 5.73 Å². The second-order valence-corrected chi connectivity index (χ2v) is 6.31. The summed E-state index contributed by atoms with van der Waals surface area (Å²) in [5.41, 5.74) is 11.7. The van der Waals surface area contributed by atoms with Gasteiger partial charge in [0, 0.05) is 18.5 Å². The van der Waals surface area contributed by atoms with E-state index in [9.17, 15) is 5.11 Å². The Morgan fingerprint density at radius 3 is 2.81 bits per heavy atom. The molecule has 0 amide bonds. The largest absolute Gasteiger partial charge is 0.506 e. The molecule has 0 saturated heterocycles. The van der Waals surface area contributed by atoms with Crippen LogP contribution in [0, 0.1) is 0 Å². The number of phenolic OH excluding ortho intramolecular Hbond substituents is 1. The summed E-state index contributed by atoms with van der Waals surface area (Å²) < 4.78 is 0. The molecule has 21 heavy (non-hydrogen) atoms. The third-order valence-electron chi connectivity index (χ3n) is 5.09. The Morgan fingerprint density at radius 2 is 1.95 bits per heavy atom. The number of nitrogens with two attached hydrogens (primary N) is 1. The van der Waals surface area contributed by atoms with Crippen LogP contribution in [0.2, 0.25) is 0 Å². The van der Waals surface area contributed by atoms with E-state index in [1.54, 1.807) is 0 Å². The fourth-order valence-corrected chi connectivity index (χ4v) is 4.07. The van der Waals surface area contributed by atoms with Crippen LogP contribution >= 0.6 is 0 Å². The molecule has 2 aliphatic rings. The minimum absolute atomic E-state index is 0.208. The standard InChI is InChI=1S/C18H20N2O/c1-20-10-12-4-2-3-5-13(12)18-14-9-17(21)15(19)8-11(14)6-7-16(18)20/h2-5,8-9,16,18,21H,6-7,10,19H2,1H3/t16-,18-/m1/s1. The van der Waals surface area contributed by atoms with E-state index >= 15 is 0 Å². The summed E-state index contributed by atoms with van der Waals surface area (Å²) in [7, 11) is 2.20. The van der Waals surface area contributed by atoms with E-state index in [1.807, 2.05) is 12.1 Å². The van der Waals surface area contributed by atoms with Crippen molar-refractivity contribution in [3.63, 3.8) is 0 Å². The van der Waals surface area contributed by atoms with Crippen LogP contribution in [0.15, 0.2) is 36.4 Å². The molecule has 0 saturated carbocycles. The predicted molar refractivity (Wildman–Crippen MR) is 84.4 cm³/mol. The van der Waals surface area contributed by atoms with E-state index in [0.29, 0.717) is 17.6 Å². The van der Waals surface area contributed by atoms with Gasteiger partial charge in [-0.3, -0.25) is 4.90 Å². The summed E-state index contributed by atoms with van der Waals surface area (Å²) in [6.07, 6.45) is 2.18. The molecule has 2 atom stereocenters. The Balaban J connectivity index is 1.93. The molecular formula is C18H20N2O. The van der Waals surface area contributed by atoms with Crippen molar-refractivity contribution in [3.05, 3.63) is 58.7 Å². The van der Waals surface area contributed by atoms with Gasteiger partial charge >= 0.3 is 0 Å². The van der Waals surface area contributed by atoms with Gasteiger partial charge < -0.3 is 10.8 Å². The SMILES string of the molecule is CN1Cc2ccccc2[C@@H]2c3cc(O)c(N)cc3CC[C@H]21. The fraction of sp³-hybridized carbons (Fsp3) is 0.333. The fourth-order valence-electron chi connectivity index (χ4n) is 4.07. The number of hydrogen-bond donors (Lipinski definition) is 2. The van der Waals surface area contributed by atoms with Crippen LogP contribution in [0.3, 0.4) is 0 Å². The topological polar surface area (TPSA) is 49.5 Å². The van der Waals surface area contributed by atoms with E-state index in [2.05, 4.69) is 36.2 Å². The lowest BCUT2D eigenvalue weighted by atomic mass is 9.71.